The molecule has 1 aliphatic rings. The molecule has 0 saturated carbocycles. The molecule has 2 aromatic carbocycles. The van der Waals surface area contributed by atoms with Gasteiger partial charge in [0.25, 0.3) is 18.0 Å². The lowest BCUT2D eigenvalue weighted by Crippen LogP contribution is -2.53. The summed E-state index contributed by atoms with van der Waals surface area (Å²) in [7, 11) is 0. The Morgan fingerprint density at radius 3 is 2.37 bits per heavy atom. The van der Waals surface area contributed by atoms with Gasteiger partial charge in [0.15, 0.2) is 0 Å². The van der Waals surface area contributed by atoms with E-state index in [2.05, 4.69) is 15.0 Å². The first-order valence-corrected chi connectivity index (χ1v) is 11.4. The number of fused-ring (bicyclic) bond motifs is 1. The van der Waals surface area contributed by atoms with E-state index < -0.39 is 42.6 Å². The molecule has 1 unspecified atom stereocenters. The zero-order chi connectivity index (χ0) is 27.4. The summed E-state index contributed by atoms with van der Waals surface area (Å²) in [4.78, 5) is 57.2. The van der Waals surface area contributed by atoms with Gasteiger partial charge in [-0.2, -0.15) is 13.2 Å². The van der Waals surface area contributed by atoms with Crippen molar-refractivity contribution in [3.05, 3.63) is 89.2 Å². The number of nitrogens with one attached hydrogen (secondary N) is 1. The van der Waals surface area contributed by atoms with Crippen LogP contribution in [-0.4, -0.2) is 52.5 Å². The molecule has 3 aromatic rings. The monoisotopic (exact) mass is 546 g/mol. The van der Waals surface area contributed by atoms with Crippen molar-refractivity contribution < 1.29 is 37.1 Å². The third kappa shape index (κ3) is 5.92. The highest BCUT2D eigenvalue weighted by atomic mass is 35.5. The largest absolute Gasteiger partial charge is 0.491 e. The van der Waals surface area contributed by atoms with Crippen LogP contribution in [-0.2, 0) is 25.7 Å². The maximum atomic E-state index is 13.5. The summed E-state index contributed by atoms with van der Waals surface area (Å²) >= 11 is 5.88. The van der Waals surface area contributed by atoms with Crippen LogP contribution in [0.2, 0.25) is 5.02 Å². The van der Waals surface area contributed by atoms with Crippen molar-refractivity contribution in [2.24, 2.45) is 0 Å². The first kappa shape index (κ1) is 26.6. The molecule has 2 heterocycles. The van der Waals surface area contributed by atoms with Crippen LogP contribution < -0.4 is 10.2 Å². The van der Waals surface area contributed by atoms with E-state index in [0.29, 0.717) is 15.5 Å². The van der Waals surface area contributed by atoms with Crippen LogP contribution in [0.4, 0.5) is 24.5 Å². The third-order valence-corrected chi connectivity index (χ3v) is 5.68. The number of rotatable bonds is 5. The van der Waals surface area contributed by atoms with Gasteiger partial charge in [0, 0.05) is 23.3 Å². The lowest BCUT2D eigenvalue weighted by molar-refractivity contribution is -0.204. The number of esters is 1. The zero-order valence-electron chi connectivity index (χ0n) is 19.3. The van der Waals surface area contributed by atoms with Gasteiger partial charge in [0.1, 0.15) is 6.54 Å². The fourth-order valence-corrected chi connectivity index (χ4v) is 3.85. The summed E-state index contributed by atoms with van der Waals surface area (Å²) < 4.78 is 44.0. The Morgan fingerprint density at radius 2 is 1.71 bits per heavy atom. The number of carbonyl (C=O) groups is 4. The fraction of sp³-hybridized carbons (Fsp3) is 0.160. The minimum atomic E-state index is -5.45. The standard InChI is InChI=1S/C25H18ClF3N4O5/c26-17-9-7-15(8-10-17)22(36)32-13-16-4-1-2-6-19(16)33(20(34)14-32)23(38-24(37)25(27,28)29)21(35)31-18-5-3-11-30-12-18/h1-12,23H,13-14H2,(H,31,35). The highest BCUT2D eigenvalue weighted by Crippen LogP contribution is 2.30. The second-order valence-corrected chi connectivity index (χ2v) is 8.48. The van der Waals surface area contributed by atoms with Gasteiger partial charge in [-0.1, -0.05) is 29.8 Å². The van der Waals surface area contributed by atoms with E-state index in [1.807, 2.05) is 0 Å². The Balaban J connectivity index is 1.73. The number of benzene rings is 2. The highest BCUT2D eigenvalue weighted by Gasteiger charge is 2.47. The maximum Gasteiger partial charge on any atom is 0.491 e. The van der Waals surface area contributed by atoms with E-state index in [1.54, 1.807) is 6.07 Å². The molecule has 13 heteroatoms. The summed E-state index contributed by atoms with van der Waals surface area (Å²) in [5, 5.41) is 2.69. The van der Waals surface area contributed by atoms with E-state index in [4.69, 9.17) is 11.6 Å². The number of aromatic nitrogens is 1. The van der Waals surface area contributed by atoms with Gasteiger partial charge >= 0.3 is 12.1 Å². The lowest BCUT2D eigenvalue weighted by Gasteiger charge is -2.30. The second-order valence-electron chi connectivity index (χ2n) is 8.05. The number of halogens is 4. The van der Waals surface area contributed by atoms with Crippen molar-refractivity contribution in [3.63, 3.8) is 0 Å². The van der Waals surface area contributed by atoms with Crippen LogP contribution in [0.15, 0.2) is 73.1 Å². The summed E-state index contributed by atoms with van der Waals surface area (Å²) in [6, 6.07) is 14.7. The molecule has 1 aliphatic heterocycles. The molecule has 3 amide bonds. The predicted octanol–water partition coefficient (Wildman–Crippen LogP) is 3.79. The average Bonchev–Trinajstić information content (AvgIpc) is 3.03. The van der Waals surface area contributed by atoms with Crippen molar-refractivity contribution in [1.29, 1.82) is 0 Å². The molecule has 1 N–H and O–H groups in total. The van der Waals surface area contributed by atoms with Crippen LogP contribution >= 0.6 is 11.6 Å². The van der Waals surface area contributed by atoms with Crippen molar-refractivity contribution >= 4 is 46.7 Å². The number of hydrogen-bond donors (Lipinski definition) is 1. The van der Waals surface area contributed by atoms with Gasteiger partial charge in [-0.25, -0.2) is 4.79 Å². The Bertz CT molecular complexity index is 1370. The molecule has 0 aliphatic carbocycles. The van der Waals surface area contributed by atoms with Crippen molar-refractivity contribution in [3.8, 4) is 0 Å². The summed E-state index contributed by atoms with van der Waals surface area (Å²) in [6.45, 7) is -0.750. The average molecular weight is 547 g/mol. The van der Waals surface area contributed by atoms with E-state index in [1.165, 1.54) is 67.0 Å². The molecule has 4 rings (SSSR count). The van der Waals surface area contributed by atoms with Gasteiger partial charge in [-0.15, -0.1) is 0 Å². The lowest BCUT2D eigenvalue weighted by atomic mass is 10.1. The number of anilines is 2. The smallest absolute Gasteiger partial charge is 0.425 e. The fourth-order valence-electron chi connectivity index (χ4n) is 3.72. The number of alkyl halides is 3. The van der Waals surface area contributed by atoms with Gasteiger partial charge < -0.3 is 15.0 Å². The topological polar surface area (TPSA) is 109 Å². The maximum absolute atomic E-state index is 13.5. The number of hydrogen-bond acceptors (Lipinski definition) is 6. The zero-order valence-corrected chi connectivity index (χ0v) is 20.1. The third-order valence-electron chi connectivity index (χ3n) is 5.42. The Hall–Kier alpha value is -4.45. The number of carbonyl (C=O) groups excluding carboxylic acids is 4. The number of nitrogens with zero attached hydrogens (tertiary/aromatic N) is 3. The molecule has 0 radical (unpaired) electrons. The Labute approximate surface area is 218 Å². The number of amides is 3. The molecule has 0 fully saturated rings. The van der Waals surface area contributed by atoms with Crippen LogP contribution in [0.3, 0.4) is 0 Å². The Morgan fingerprint density at radius 1 is 1.00 bits per heavy atom. The van der Waals surface area contributed by atoms with Crippen LogP contribution in [0.1, 0.15) is 15.9 Å². The Kier molecular flexibility index (Phi) is 7.62. The number of pyridine rings is 1. The summed E-state index contributed by atoms with van der Waals surface area (Å²) in [5.74, 6) is -5.43. The van der Waals surface area contributed by atoms with E-state index in [9.17, 15) is 32.3 Å². The van der Waals surface area contributed by atoms with Crippen LogP contribution in [0.5, 0.6) is 0 Å². The molecule has 0 saturated heterocycles. The normalized spacial score (nSPS) is 14.3. The van der Waals surface area contributed by atoms with Gasteiger partial charge in [0.2, 0.25) is 5.91 Å². The quantitative estimate of drug-likeness (QED) is 0.488. The van der Waals surface area contributed by atoms with Gasteiger partial charge in [-0.05, 0) is 48.0 Å². The first-order chi connectivity index (χ1) is 18.0. The molecule has 1 aromatic heterocycles. The minimum Gasteiger partial charge on any atom is -0.425 e. The molecule has 0 spiro atoms. The minimum absolute atomic E-state index is 0.00906. The molecular weight excluding hydrogens is 529 g/mol. The number of ether oxygens (including phenoxy) is 1. The van der Waals surface area contributed by atoms with Crippen LogP contribution in [0.25, 0.3) is 0 Å². The molecule has 1 atom stereocenters. The highest BCUT2D eigenvalue weighted by molar-refractivity contribution is 6.30. The molecule has 9 nitrogen and oxygen atoms in total. The van der Waals surface area contributed by atoms with E-state index in [0.717, 1.165) is 4.90 Å². The van der Waals surface area contributed by atoms with Crippen LogP contribution in [0, 0.1) is 0 Å². The van der Waals surface area contributed by atoms with E-state index in [-0.39, 0.29) is 23.5 Å². The van der Waals surface area contributed by atoms with Gasteiger partial charge in [-0.3, -0.25) is 24.3 Å². The predicted molar refractivity (Wildman–Crippen MR) is 129 cm³/mol. The first-order valence-electron chi connectivity index (χ1n) is 11.0. The van der Waals surface area contributed by atoms with Gasteiger partial charge in [0.05, 0.1) is 17.6 Å². The summed E-state index contributed by atoms with van der Waals surface area (Å²) in [5.41, 5.74) is 0.608. The second kappa shape index (κ2) is 10.9. The van der Waals surface area contributed by atoms with E-state index >= 15 is 0 Å². The van der Waals surface area contributed by atoms with Crippen molar-refractivity contribution in [1.82, 2.24) is 9.88 Å². The van der Waals surface area contributed by atoms with Crippen molar-refractivity contribution in [2.45, 2.75) is 18.9 Å². The SMILES string of the molecule is O=C(Nc1cccnc1)C(OC(=O)C(F)(F)F)N1C(=O)CN(C(=O)c2ccc(Cl)cc2)Cc2ccccc21. The molecule has 38 heavy (non-hydrogen) atoms. The summed E-state index contributed by atoms with van der Waals surface area (Å²) in [6.07, 6.45) is -5.19. The molecular formula is C25H18ClF3N4O5. The van der Waals surface area contributed by atoms with Crippen molar-refractivity contribution in [2.75, 3.05) is 16.8 Å². The molecule has 0 bridgehead atoms. The molecule has 196 valence electrons. The number of para-hydroxylation sites is 1.